The molecule has 0 aliphatic carbocycles. The van der Waals surface area contributed by atoms with Crippen molar-refractivity contribution >= 4 is 29.3 Å². The van der Waals surface area contributed by atoms with Crippen molar-refractivity contribution in [2.75, 3.05) is 38.1 Å². The SMILES string of the molecule is CN1NOC(=O)/C1=C\C(=NC(=O)c1ccccc1)C(=O)N1CCN(c2ccccn2)CC1. The average Bonchev–Trinajstić information content (AvgIpc) is 3.16. The van der Waals surface area contributed by atoms with Crippen LogP contribution in [0, 0.1) is 0 Å². The second-order valence-corrected chi connectivity index (χ2v) is 7.20. The molecule has 2 saturated heterocycles. The molecule has 1 N–H and O–H groups in total. The molecule has 4 rings (SSSR count). The molecule has 0 spiro atoms. The predicted molar refractivity (Wildman–Crippen MR) is 116 cm³/mol. The predicted octanol–water partition coefficient (Wildman–Crippen LogP) is 0.804. The molecule has 1 aromatic carbocycles. The Labute approximate surface area is 184 Å². The Morgan fingerprint density at radius 1 is 1.06 bits per heavy atom. The van der Waals surface area contributed by atoms with Gasteiger partial charge in [0.2, 0.25) is 0 Å². The van der Waals surface area contributed by atoms with Gasteiger partial charge in [-0.15, -0.1) is 0 Å². The Kier molecular flexibility index (Phi) is 6.22. The largest absolute Gasteiger partial charge is 0.376 e. The van der Waals surface area contributed by atoms with E-state index in [1.54, 1.807) is 48.5 Å². The summed E-state index contributed by atoms with van der Waals surface area (Å²) in [5.41, 5.74) is 2.68. The number of piperazine rings is 1. The van der Waals surface area contributed by atoms with Gasteiger partial charge in [0.25, 0.3) is 11.8 Å². The van der Waals surface area contributed by atoms with Crippen molar-refractivity contribution in [1.29, 1.82) is 0 Å². The summed E-state index contributed by atoms with van der Waals surface area (Å²) in [4.78, 5) is 54.8. The number of aromatic nitrogens is 1. The number of carbonyl (C=O) groups excluding carboxylic acids is 3. The maximum absolute atomic E-state index is 13.3. The van der Waals surface area contributed by atoms with E-state index in [2.05, 4.69) is 20.5 Å². The molecule has 2 fully saturated rings. The Morgan fingerprint density at radius 2 is 1.78 bits per heavy atom. The Hall–Kier alpha value is -4.05. The van der Waals surface area contributed by atoms with Crippen molar-refractivity contribution in [2.45, 2.75) is 0 Å². The maximum Gasteiger partial charge on any atom is 0.376 e. The molecule has 164 valence electrons. The molecule has 32 heavy (non-hydrogen) atoms. The van der Waals surface area contributed by atoms with Gasteiger partial charge in [-0.1, -0.05) is 29.9 Å². The molecule has 0 bridgehead atoms. The van der Waals surface area contributed by atoms with Gasteiger partial charge in [0, 0.05) is 51.1 Å². The summed E-state index contributed by atoms with van der Waals surface area (Å²) >= 11 is 0. The Morgan fingerprint density at radius 3 is 2.41 bits per heavy atom. The lowest BCUT2D eigenvalue weighted by atomic mass is 10.2. The summed E-state index contributed by atoms with van der Waals surface area (Å²) in [6.45, 7) is 2.02. The van der Waals surface area contributed by atoms with Gasteiger partial charge in [0.1, 0.15) is 17.2 Å². The number of amides is 2. The van der Waals surface area contributed by atoms with Crippen molar-refractivity contribution < 1.29 is 19.2 Å². The number of aliphatic imine (C=N–C) groups is 1. The van der Waals surface area contributed by atoms with E-state index in [0.29, 0.717) is 31.7 Å². The summed E-state index contributed by atoms with van der Waals surface area (Å²) < 4.78 is 0. The average molecular weight is 434 g/mol. The summed E-state index contributed by atoms with van der Waals surface area (Å²) in [5, 5.41) is 1.32. The molecule has 2 aromatic rings. The smallest absolute Gasteiger partial charge is 0.353 e. The standard InChI is InChI=1S/C22H22N6O4/c1-26-18(22(31)32-25-26)15-17(24-20(29)16-7-3-2-4-8-16)21(30)28-13-11-27(12-14-28)19-9-5-6-10-23-19/h2-10,15,25H,11-14H2,1H3/b18-15+,24-17?. The maximum atomic E-state index is 13.3. The van der Waals surface area contributed by atoms with E-state index in [1.165, 1.54) is 11.1 Å². The van der Waals surface area contributed by atoms with Crippen LogP contribution in [0.3, 0.4) is 0 Å². The van der Waals surface area contributed by atoms with Gasteiger partial charge in [-0.05, 0) is 24.3 Å². The van der Waals surface area contributed by atoms with Gasteiger partial charge < -0.3 is 14.6 Å². The van der Waals surface area contributed by atoms with Crippen LogP contribution in [-0.4, -0.2) is 71.6 Å². The second kappa shape index (κ2) is 9.40. The van der Waals surface area contributed by atoms with Crippen LogP contribution in [0.1, 0.15) is 10.4 Å². The van der Waals surface area contributed by atoms with Crippen LogP contribution in [0.2, 0.25) is 0 Å². The molecule has 0 saturated carbocycles. The van der Waals surface area contributed by atoms with Gasteiger partial charge in [-0.2, -0.15) is 0 Å². The minimum absolute atomic E-state index is 0.0742. The second-order valence-electron chi connectivity index (χ2n) is 7.20. The van der Waals surface area contributed by atoms with Crippen molar-refractivity contribution in [2.24, 2.45) is 4.99 Å². The van der Waals surface area contributed by atoms with Crippen molar-refractivity contribution in [3.63, 3.8) is 0 Å². The molecule has 0 atom stereocenters. The highest BCUT2D eigenvalue weighted by Gasteiger charge is 2.29. The third kappa shape index (κ3) is 4.65. The van der Waals surface area contributed by atoms with Crippen LogP contribution < -0.4 is 10.5 Å². The van der Waals surface area contributed by atoms with Gasteiger partial charge in [0.15, 0.2) is 0 Å². The number of likely N-dealkylation sites (N-methyl/N-ethyl adjacent to an activating group) is 1. The number of benzene rings is 1. The van der Waals surface area contributed by atoms with Crippen LogP contribution in [0.4, 0.5) is 5.82 Å². The number of hydrogen-bond donors (Lipinski definition) is 1. The fourth-order valence-electron chi connectivity index (χ4n) is 3.37. The first-order valence-electron chi connectivity index (χ1n) is 10.1. The summed E-state index contributed by atoms with van der Waals surface area (Å²) in [5.74, 6) is -0.827. The minimum atomic E-state index is -0.667. The van der Waals surface area contributed by atoms with Crippen molar-refractivity contribution in [3.05, 3.63) is 72.1 Å². The number of pyridine rings is 1. The van der Waals surface area contributed by atoms with Crippen molar-refractivity contribution in [1.82, 2.24) is 20.5 Å². The molecule has 10 heteroatoms. The third-order valence-electron chi connectivity index (χ3n) is 5.12. The lowest BCUT2D eigenvalue weighted by Gasteiger charge is -2.35. The van der Waals surface area contributed by atoms with E-state index in [1.807, 2.05) is 18.2 Å². The molecule has 2 amide bonds. The monoisotopic (exact) mass is 434 g/mol. The van der Waals surface area contributed by atoms with Gasteiger partial charge in [0.05, 0.1) is 0 Å². The van der Waals surface area contributed by atoms with E-state index < -0.39 is 17.8 Å². The minimum Gasteiger partial charge on any atom is -0.353 e. The topological polar surface area (TPSA) is 107 Å². The van der Waals surface area contributed by atoms with Crippen LogP contribution >= 0.6 is 0 Å². The highest BCUT2D eigenvalue weighted by atomic mass is 16.7. The molecule has 2 aliphatic rings. The van der Waals surface area contributed by atoms with E-state index >= 15 is 0 Å². The number of hydrazine groups is 1. The lowest BCUT2D eigenvalue weighted by Crippen LogP contribution is -2.50. The zero-order chi connectivity index (χ0) is 22.5. The van der Waals surface area contributed by atoms with E-state index in [9.17, 15) is 14.4 Å². The number of carbonyl (C=O) groups is 3. The Balaban J connectivity index is 1.56. The first-order valence-corrected chi connectivity index (χ1v) is 10.1. The fraction of sp³-hybridized carbons (Fsp3) is 0.227. The summed E-state index contributed by atoms with van der Waals surface area (Å²) in [7, 11) is 1.56. The Bertz CT molecular complexity index is 1060. The molecule has 0 radical (unpaired) electrons. The third-order valence-corrected chi connectivity index (χ3v) is 5.12. The van der Waals surface area contributed by atoms with E-state index in [-0.39, 0.29) is 11.4 Å². The van der Waals surface area contributed by atoms with Crippen LogP contribution in [0.25, 0.3) is 0 Å². The van der Waals surface area contributed by atoms with Crippen LogP contribution in [0.15, 0.2) is 71.5 Å². The molecule has 0 unspecified atom stereocenters. The zero-order valence-electron chi connectivity index (χ0n) is 17.5. The van der Waals surface area contributed by atoms with Gasteiger partial charge in [-0.3, -0.25) is 14.6 Å². The summed E-state index contributed by atoms with van der Waals surface area (Å²) in [6.07, 6.45) is 3.00. The number of nitrogens with one attached hydrogen (secondary N) is 1. The molecule has 10 nitrogen and oxygen atoms in total. The molecular weight excluding hydrogens is 412 g/mol. The number of rotatable bonds is 4. The first kappa shape index (κ1) is 21.2. The van der Waals surface area contributed by atoms with Gasteiger partial charge >= 0.3 is 5.97 Å². The highest BCUT2D eigenvalue weighted by molar-refractivity contribution is 6.45. The van der Waals surface area contributed by atoms with Gasteiger partial charge in [-0.25, -0.2) is 14.8 Å². The molecule has 3 heterocycles. The van der Waals surface area contributed by atoms with Crippen LogP contribution in [-0.2, 0) is 14.4 Å². The number of nitrogens with zero attached hydrogens (tertiary/aromatic N) is 5. The van der Waals surface area contributed by atoms with Crippen molar-refractivity contribution in [3.8, 4) is 0 Å². The lowest BCUT2D eigenvalue weighted by molar-refractivity contribution is -0.142. The quantitative estimate of drug-likeness (QED) is 0.556. The number of anilines is 1. The van der Waals surface area contributed by atoms with Crippen LogP contribution in [0.5, 0.6) is 0 Å². The molecule has 1 aromatic heterocycles. The molecule has 2 aliphatic heterocycles. The van der Waals surface area contributed by atoms with E-state index in [4.69, 9.17) is 4.84 Å². The zero-order valence-corrected chi connectivity index (χ0v) is 17.5. The van der Waals surface area contributed by atoms with E-state index in [0.717, 1.165) is 5.82 Å². The summed E-state index contributed by atoms with van der Waals surface area (Å²) in [6, 6.07) is 14.1. The first-order chi connectivity index (χ1) is 15.5. The fourth-order valence-corrected chi connectivity index (χ4v) is 3.37. The highest BCUT2D eigenvalue weighted by Crippen LogP contribution is 2.15. The molecular formula is C22H22N6O4. The number of hydrogen-bond acceptors (Lipinski definition) is 8. The normalized spacial score (nSPS) is 18.2.